The summed E-state index contributed by atoms with van der Waals surface area (Å²) in [5.41, 5.74) is 1.83. The summed E-state index contributed by atoms with van der Waals surface area (Å²) in [5.74, 6) is 1.07. The van der Waals surface area contributed by atoms with Gasteiger partial charge in [0, 0.05) is 25.2 Å². The van der Waals surface area contributed by atoms with E-state index in [0.717, 1.165) is 62.5 Å². The summed E-state index contributed by atoms with van der Waals surface area (Å²) in [7, 11) is 0. The van der Waals surface area contributed by atoms with Crippen molar-refractivity contribution in [3.05, 3.63) is 17.0 Å². The first-order valence-corrected chi connectivity index (χ1v) is 7.88. The van der Waals surface area contributed by atoms with Gasteiger partial charge in [0.1, 0.15) is 5.76 Å². The van der Waals surface area contributed by atoms with Crippen LogP contribution >= 0.6 is 0 Å². The topological polar surface area (TPSA) is 58.4 Å². The molecule has 0 spiro atoms. The summed E-state index contributed by atoms with van der Waals surface area (Å²) in [4.78, 5) is 14.7. The minimum Gasteiger partial charge on any atom is -0.361 e. The molecule has 1 atom stereocenters. The van der Waals surface area contributed by atoms with Gasteiger partial charge in [-0.1, -0.05) is 12.1 Å². The monoisotopic (exact) mass is 293 g/mol. The summed E-state index contributed by atoms with van der Waals surface area (Å²) < 4.78 is 5.23. The number of likely N-dealkylation sites (tertiary alicyclic amines) is 1. The molecule has 1 N–H and O–H groups in total. The number of nitrogens with one attached hydrogen (secondary N) is 1. The molecule has 1 amide bonds. The minimum absolute atomic E-state index is 0.188. The molecule has 21 heavy (non-hydrogen) atoms. The molecule has 118 valence electrons. The predicted molar refractivity (Wildman–Crippen MR) is 81.9 cm³/mol. The van der Waals surface area contributed by atoms with Crippen molar-refractivity contribution in [2.75, 3.05) is 19.6 Å². The van der Waals surface area contributed by atoms with Crippen molar-refractivity contribution < 1.29 is 9.32 Å². The zero-order chi connectivity index (χ0) is 15.5. The summed E-state index contributed by atoms with van der Waals surface area (Å²) in [6, 6.07) is 0. The number of amides is 1. The third-order valence-electron chi connectivity index (χ3n) is 4.42. The first-order chi connectivity index (χ1) is 9.96. The van der Waals surface area contributed by atoms with Crippen molar-refractivity contribution in [3.8, 4) is 0 Å². The fourth-order valence-electron chi connectivity index (χ4n) is 3.07. The Hall–Kier alpha value is -1.36. The van der Waals surface area contributed by atoms with Gasteiger partial charge in [0.15, 0.2) is 0 Å². The molecule has 1 aliphatic rings. The fourth-order valence-corrected chi connectivity index (χ4v) is 3.07. The average molecular weight is 293 g/mol. The van der Waals surface area contributed by atoms with E-state index in [1.54, 1.807) is 0 Å². The van der Waals surface area contributed by atoms with Crippen molar-refractivity contribution in [2.45, 2.75) is 53.5 Å². The lowest BCUT2D eigenvalue weighted by Gasteiger charge is -2.39. The van der Waals surface area contributed by atoms with E-state index in [0.29, 0.717) is 0 Å². The van der Waals surface area contributed by atoms with Crippen LogP contribution in [-0.4, -0.2) is 35.6 Å². The van der Waals surface area contributed by atoms with Gasteiger partial charge in [-0.3, -0.25) is 9.69 Å². The second-order valence-corrected chi connectivity index (χ2v) is 6.43. The summed E-state index contributed by atoms with van der Waals surface area (Å²) >= 11 is 0. The van der Waals surface area contributed by atoms with E-state index in [1.165, 1.54) is 0 Å². The van der Waals surface area contributed by atoms with Crippen LogP contribution in [0.3, 0.4) is 0 Å². The van der Waals surface area contributed by atoms with Gasteiger partial charge in [0.2, 0.25) is 5.91 Å². The second kappa shape index (κ2) is 6.60. The fraction of sp³-hybridized carbons (Fsp3) is 0.750. The molecule has 1 aromatic heterocycles. The van der Waals surface area contributed by atoms with E-state index in [-0.39, 0.29) is 11.3 Å². The molecule has 0 radical (unpaired) electrons. The van der Waals surface area contributed by atoms with Crippen molar-refractivity contribution in [1.29, 1.82) is 0 Å². The molecule has 1 aromatic rings. The maximum atomic E-state index is 12.4. The number of nitrogens with zero attached hydrogens (tertiary/aromatic N) is 2. The largest absolute Gasteiger partial charge is 0.361 e. The van der Waals surface area contributed by atoms with Crippen LogP contribution in [-0.2, 0) is 11.3 Å². The Bertz CT molecular complexity index is 478. The zero-order valence-corrected chi connectivity index (χ0v) is 13.7. The van der Waals surface area contributed by atoms with E-state index in [4.69, 9.17) is 4.52 Å². The molecule has 5 heteroatoms. The molecule has 0 aliphatic carbocycles. The molecular weight excluding hydrogens is 266 g/mol. The van der Waals surface area contributed by atoms with Gasteiger partial charge in [-0.2, -0.15) is 0 Å². The van der Waals surface area contributed by atoms with E-state index in [2.05, 4.69) is 29.2 Å². The van der Waals surface area contributed by atoms with Gasteiger partial charge in [-0.25, -0.2) is 0 Å². The zero-order valence-electron chi connectivity index (χ0n) is 13.7. The molecule has 0 saturated carbocycles. The number of piperidine rings is 1. The predicted octanol–water partition coefficient (Wildman–Crippen LogP) is 2.42. The second-order valence-electron chi connectivity index (χ2n) is 6.43. The highest BCUT2D eigenvalue weighted by Gasteiger charge is 2.37. The lowest BCUT2D eigenvalue weighted by atomic mass is 9.80. The first kappa shape index (κ1) is 16.0. The third kappa shape index (κ3) is 3.64. The SMILES string of the molecule is CCCNC(=O)C1(C)CCCN(Cc2c(C)noc2C)C1. The van der Waals surface area contributed by atoms with Gasteiger partial charge >= 0.3 is 0 Å². The van der Waals surface area contributed by atoms with Crippen LogP contribution in [0.15, 0.2) is 4.52 Å². The molecule has 5 nitrogen and oxygen atoms in total. The first-order valence-electron chi connectivity index (χ1n) is 7.88. The van der Waals surface area contributed by atoms with Crippen molar-refractivity contribution >= 4 is 5.91 Å². The van der Waals surface area contributed by atoms with Gasteiger partial charge in [0.25, 0.3) is 0 Å². The molecule has 1 saturated heterocycles. The summed E-state index contributed by atoms with van der Waals surface area (Å²) in [6.45, 7) is 11.5. The molecule has 2 heterocycles. The van der Waals surface area contributed by atoms with Crippen LogP contribution in [0.4, 0.5) is 0 Å². The number of carbonyl (C=O) groups excluding carboxylic acids is 1. The molecule has 0 bridgehead atoms. The van der Waals surface area contributed by atoms with Crippen LogP contribution in [0.1, 0.15) is 50.1 Å². The van der Waals surface area contributed by atoms with Crippen molar-refractivity contribution in [3.63, 3.8) is 0 Å². The van der Waals surface area contributed by atoms with Gasteiger partial charge < -0.3 is 9.84 Å². The van der Waals surface area contributed by atoms with Crippen LogP contribution in [0.25, 0.3) is 0 Å². The molecule has 0 aromatic carbocycles. The molecular formula is C16H27N3O2. The number of aryl methyl sites for hydroxylation is 2. The molecule has 1 unspecified atom stereocenters. The normalized spacial score (nSPS) is 23.2. The minimum atomic E-state index is -0.285. The quantitative estimate of drug-likeness (QED) is 0.906. The van der Waals surface area contributed by atoms with E-state index < -0.39 is 0 Å². The number of hydrogen-bond acceptors (Lipinski definition) is 4. The number of rotatable bonds is 5. The standard InChI is InChI=1S/C16H27N3O2/c1-5-8-17-15(20)16(4)7-6-9-19(11-16)10-14-12(2)18-21-13(14)3/h5-11H2,1-4H3,(H,17,20). The van der Waals surface area contributed by atoms with E-state index in [1.807, 2.05) is 13.8 Å². The number of aromatic nitrogens is 1. The Labute approximate surface area is 127 Å². The lowest BCUT2D eigenvalue weighted by Crippen LogP contribution is -2.50. The molecule has 1 aliphatic heterocycles. The molecule has 1 fully saturated rings. The lowest BCUT2D eigenvalue weighted by molar-refractivity contribution is -0.133. The number of hydrogen-bond donors (Lipinski definition) is 1. The van der Waals surface area contributed by atoms with Gasteiger partial charge in [-0.15, -0.1) is 0 Å². The highest BCUT2D eigenvalue weighted by atomic mass is 16.5. The summed E-state index contributed by atoms with van der Waals surface area (Å²) in [6.07, 6.45) is 2.99. The smallest absolute Gasteiger partial charge is 0.227 e. The van der Waals surface area contributed by atoms with Crippen LogP contribution in [0, 0.1) is 19.3 Å². The van der Waals surface area contributed by atoms with Crippen molar-refractivity contribution in [1.82, 2.24) is 15.4 Å². The highest BCUT2D eigenvalue weighted by Crippen LogP contribution is 2.31. The van der Waals surface area contributed by atoms with Crippen LogP contribution in [0.2, 0.25) is 0 Å². The summed E-state index contributed by atoms with van der Waals surface area (Å²) in [5, 5.41) is 7.06. The number of carbonyl (C=O) groups is 1. The highest BCUT2D eigenvalue weighted by molar-refractivity contribution is 5.82. The molecule has 2 rings (SSSR count). The van der Waals surface area contributed by atoms with Gasteiger partial charge in [0.05, 0.1) is 11.1 Å². The van der Waals surface area contributed by atoms with Crippen molar-refractivity contribution in [2.24, 2.45) is 5.41 Å². The Morgan fingerprint density at radius 1 is 1.48 bits per heavy atom. The van der Waals surface area contributed by atoms with E-state index >= 15 is 0 Å². The Morgan fingerprint density at radius 2 is 2.24 bits per heavy atom. The maximum absolute atomic E-state index is 12.4. The average Bonchev–Trinajstić information content (AvgIpc) is 2.76. The van der Waals surface area contributed by atoms with E-state index in [9.17, 15) is 4.79 Å². The maximum Gasteiger partial charge on any atom is 0.227 e. The Balaban J connectivity index is 2.02. The Kier molecular flexibility index (Phi) is 5.04. The third-order valence-corrected chi connectivity index (χ3v) is 4.42. The van der Waals surface area contributed by atoms with Gasteiger partial charge in [-0.05, 0) is 46.6 Å². The van der Waals surface area contributed by atoms with Crippen LogP contribution < -0.4 is 5.32 Å². The van der Waals surface area contributed by atoms with Crippen LogP contribution in [0.5, 0.6) is 0 Å². The Morgan fingerprint density at radius 3 is 2.86 bits per heavy atom.